The fourth-order valence-electron chi connectivity index (χ4n) is 3.11. The van der Waals surface area contributed by atoms with Gasteiger partial charge in [-0.05, 0) is 25.0 Å². The van der Waals surface area contributed by atoms with Gasteiger partial charge in [0.15, 0.2) is 5.76 Å². The third kappa shape index (κ3) is 3.20. The van der Waals surface area contributed by atoms with Crippen molar-refractivity contribution in [3.05, 3.63) is 24.3 Å². The van der Waals surface area contributed by atoms with Gasteiger partial charge in [0.05, 0.1) is 12.8 Å². The molecule has 0 aliphatic carbocycles. The SMILES string of the molecule is O=C(C1CCCO1)N1CCN(Cc2nnc(-c3ccco3)o2)CC1. The first kappa shape index (κ1) is 15.3. The van der Waals surface area contributed by atoms with Gasteiger partial charge in [0.1, 0.15) is 6.10 Å². The third-order valence-corrected chi connectivity index (χ3v) is 4.45. The average Bonchev–Trinajstić information content (AvgIpc) is 3.36. The number of furan rings is 1. The Kier molecular flexibility index (Phi) is 4.31. The molecule has 4 heterocycles. The summed E-state index contributed by atoms with van der Waals surface area (Å²) < 4.78 is 16.4. The second-order valence-corrected chi connectivity index (χ2v) is 6.08. The quantitative estimate of drug-likeness (QED) is 0.830. The topological polar surface area (TPSA) is 84.8 Å². The molecule has 2 saturated heterocycles. The van der Waals surface area contributed by atoms with Crippen LogP contribution in [0.2, 0.25) is 0 Å². The number of hydrogen-bond acceptors (Lipinski definition) is 7. The predicted molar refractivity (Wildman–Crippen MR) is 82.8 cm³/mol. The van der Waals surface area contributed by atoms with Gasteiger partial charge in [-0.1, -0.05) is 0 Å². The van der Waals surface area contributed by atoms with Crippen LogP contribution in [0.5, 0.6) is 0 Å². The van der Waals surface area contributed by atoms with Crippen LogP contribution >= 0.6 is 0 Å². The van der Waals surface area contributed by atoms with Crippen LogP contribution in [-0.2, 0) is 16.1 Å². The Labute approximate surface area is 139 Å². The minimum atomic E-state index is -0.233. The summed E-state index contributed by atoms with van der Waals surface area (Å²) in [7, 11) is 0. The molecule has 0 spiro atoms. The molecule has 8 nitrogen and oxygen atoms in total. The Morgan fingerprint density at radius 1 is 1.25 bits per heavy atom. The Balaban J connectivity index is 1.29. The molecular formula is C16H20N4O4. The van der Waals surface area contributed by atoms with Gasteiger partial charge in [-0.2, -0.15) is 0 Å². The van der Waals surface area contributed by atoms with Crippen LogP contribution in [0.3, 0.4) is 0 Å². The molecule has 2 aliphatic heterocycles. The second-order valence-electron chi connectivity index (χ2n) is 6.08. The molecule has 128 valence electrons. The molecule has 1 atom stereocenters. The molecule has 0 radical (unpaired) electrons. The number of nitrogens with zero attached hydrogens (tertiary/aromatic N) is 4. The smallest absolute Gasteiger partial charge is 0.283 e. The van der Waals surface area contributed by atoms with Crippen molar-refractivity contribution in [1.82, 2.24) is 20.0 Å². The van der Waals surface area contributed by atoms with E-state index in [-0.39, 0.29) is 12.0 Å². The summed E-state index contributed by atoms with van der Waals surface area (Å²) in [5, 5.41) is 8.07. The fourth-order valence-corrected chi connectivity index (χ4v) is 3.11. The molecule has 0 bridgehead atoms. The summed E-state index contributed by atoms with van der Waals surface area (Å²) in [4.78, 5) is 16.4. The van der Waals surface area contributed by atoms with Crippen LogP contribution in [0.4, 0.5) is 0 Å². The van der Waals surface area contributed by atoms with Crippen LogP contribution in [0.1, 0.15) is 18.7 Å². The molecule has 2 fully saturated rings. The summed E-state index contributed by atoms with van der Waals surface area (Å²) in [6.45, 7) is 4.27. The van der Waals surface area contributed by atoms with E-state index in [1.54, 1.807) is 18.4 Å². The average molecular weight is 332 g/mol. The van der Waals surface area contributed by atoms with E-state index in [4.69, 9.17) is 13.6 Å². The number of amides is 1. The van der Waals surface area contributed by atoms with E-state index in [0.29, 0.717) is 43.8 Å². The van der Waals surface area contributed by atoms with E-state index in [1.807, 2.05) is 4.90 Å². The molecule has 2 aromatic rings. The van der Waals surface area contributed by atoms with Gasteiger partial charge in [-0.25, -0.2) is 0 Å². The van der Waals surface area contributed by atoms with E-state index in [1.165, 1.54) is 0 Å². The summed E-state index contributed by atoms with van der Waals surface area (Å²) in [5.74, 6) is 1.65. The lowest BCUT2D eigenvalue weighted by atomic mass is 10.2. The maximum atomic E-state index is 12.3. The highest BCUT2D eigenvalue weighted by molar-refractivity contribution is 5.81. The Morgan fingerprint density at radius 2 is 2.12 bits per heavy atom. The number of carbonyl (C=O) groups is 1. The first-order chi connectivity index (χ1) is 11.8. The minimum absolute atomic E-state index is 0.130. The van der Waals surface area contributed by atoms with Crippen molar-refractivity contribution in [2.24, 2.45) is 0 Å². The van der Waals surface area contributed by atoms with Gasteiger partial charge in [0.2, 0.25) is 5.89 Å². The first-order valence-electron chi connectivity index (χ1n) is 8.28. The summed E-state index contributed by atoms with van der Waals surface area (Å²) >= 11 is 0. The van der Waals surface area contributed by atoms with Crippen molar-refractivity contribution in [3.8, 4) is 11.7 Å². The zero-order valence-corrected chi connectivity index (χ0v) is 13.4. The number of rotatable bonds is 4. The largest absolute Gasteiger partial charge is 0.459 e. The van der Waals surface area contributed by atoms with Crippen LogP contribution in [0.15, 0.2) is 27.2 Å². The Bertz CT molecular complexity index is 670. The van der Waals surface area contributed by atoms with Crippen LogP contribution in [0, 0.1) is 0 Å². The van der Waals surface area contributed by atoms with E-state index < -0.39 is 0 Å². The summed E-state index contributed by atoms with van der Waals surface area (Å²) in [5.41, 5.74) is 0. The lowest BCUT2D eigenvalue weighted by molar-refractivity contribution is -0.142. The van der Waals surface area contributed by atoms with Gasteiger partial charge in [0.25, 0.3) is 11.8 Å². The number of carbonyl (C=O) groups excluding carboxylic acids is 1. The van der Waals surface area contributed by atoms with E-state index in [0.717, 1.165) is 25.9 Å². The molecule has 24 heavy (non-hydrogen) atoms. The molecule has 2 aliphatic rings. The lowest BCUT2D eigenvalue weighted by Crippen LogP contribution is -2.51. The maximum Gasteiger partial charge on any atom is 0.283 e. The molecule has 8 heteroatoms. The van der Waals surface area contributed by atoms with Crippen molar-refractivity contribution in [1.29, 1.82) is 0 Å². The normalized spacial score (nSPS) is 22.2. The number of ether oxygens (including phenoxy) is 1. The van der Waals surface area contributed by atoms with Crippen LogP contribution in [-0.4, -0.2) is 64.8 Å². The van der Waals surface area contributed by atoms with Crippen molar-refractivity contribution in [2.45, 2.75) is 25.5 Å². The fraction of sp³-hybridized carbons (Fsp3) is 0.562. The van der Waals surface area contributed by atoms with Crippen LogP contribution < -0.4 is 0 Å². The second kappa shape index (κ2) is 6.74. The van der Waals surface area contributed by atoms with Gasteiger partial charge >= 0.3 is 0 Å². The van der Waals surface area contributed by atoms with Gasteiger partial charge in [-0.15, -0.1) is 10.2 Å². The Hall–Kier alpha value is -2.19. The van der Waals surface area contributed by atoms with Crippen molar-refractivity contribution < 1.29 is 18.4 Å². The maximum absolute atomic E-state index is 12.3. The van der Waals surface area contributed by atoms with Crippen LogP contribution in [0.25, 0.3) is 11.7 Å². The van der Waals surface area contributed by atoms with Crippen molar-refractivity contribution >= 4 is 5.91 Å². The van der Waals surface area contributed by atoms with E-state index >= 15 is 0 Å². The molecule has 0 saturated carbocycles. The monoisotopic (exact) mass is 332 g/mol. The Morgan fingerprint density at radius 3 is 2.83 bits per heavy atom. The number of aromatic nitrogens is 2. The molecule has 1 unspecified atom stereocenters. The first-order valence-corrected chi connectivity index (χ1v) is 8.28. The molecule has 0 N–H and O–H groups in total. The zero-order chi connectivity index (χ0) is 16.4. The highest BCUT2D eigenvalue weighted by atomic mass is 16.5. The molecule has 1 amide bonds. The molecular weight excluding hydrogens is 312 g/mol. The highest BCUT2D eigenvalue weighted by Gasteiger charge is 2.30. The summed E-state index contributed by atoms with van der Waals surface area (Å²) in [6, 6.07) is 3.57. The standard InChI is InChI=1S/C16H20N4O4/c21-16(13-4-2-10-23-13)20-7-5-19(6-8-20)11-14-17-18-15(24-14)12-3-1-9-22-12/h1,3,9,13H,2,4-8,10-11H2. The van der Waals surface area contributed by atoms with Crippen molar-refractivity contribution in [3.63, 3.8) is 0 Å². The van der Waals surface area contributed by atoms with Gasteiger partial charge < -0.3 is 18.5 Å². The van der Waals surface area contributed by atoms with E-state index in [9.17, 15) is 4.79 Å². The number of piperazine rings is 1. The lowest BCUT2D eigenvalue weighted by Gasteiger charge is -2.35. The van der Waals surface area contributed by atoms with E-state index in [2.05, 4.69) is 15.1 Å². The summed E-state index contributed by atoms with van der Waals surface area (Å²) in [6.07, 6.45) is 3.16. The number of hydrogen-bond donors (Lipinski definition) is 0. The van der Waals surface area contributed by atoms with Gasteiger partial charge in [-0.3, -0.25) is 9.69 Å². The molecule has 4 rings (SSSR count). The van der Waals surface area contributed by atoms with Crippen molar-refractivity contribution in [2.75, 3.05) is 32.8 Å². The molecule has 2 aromatic heterocycles. The van der Waals surface area contributed by atoms with Gasteiger partial charge in [0, 0.05) is 32.8 Å². The highest BCUT2D eigenvalue weighted by Crippen LogP contribution is 2.19. The minimum Gasteiger partial charge on any atom is -0.459 e. The zero-order valence-electron chi connectivity index (χ0n) is 13.4. The third-order valence-electron chi connectivity index (χ3n) is 4.45. The predicted octanol–water partition coefficient (Wildman–Crippen LogP) is 1.15. The molecule has 0 aromatic carbocycles.